The standard InChI is InChI=1S/C16H20N2O3/c1-9-10(2)21-11(3)15(9)16(19)18-13-6-5-12(8-17)7-14(13)20-4/h5-7H,8,17H2,1-4H3,(H,18,19). The van der Waals surface area contributed by atoms with Crippen molar-refractivity contribution in [1.82, 2.24) is 0 Å². The van der Waals surface area contributed by atoms with Crippen molar-refractivity contribution in [1.29, 1.82) is 0 Å². The van der Waals surface area contributed by atoms with Crippen molar-refractivity contribution in [2.24, 2.45) is 5.73 Å². The first-order valence-corrected chi connectivity index (χ1v) is 6.72. The van der Waals surface area contributed by atoms with Crippen LogP contribution in [0.2, 0.25) is 0 Å². The summed E-state index contributed by atoms with van der Waals surface area (Å²) in [6.45, 7) is 5.92. The Morgan fingerprint density at radius 3 is 2.52 bits per heavy atom. The van der Waals surface area contributed by atoms with Crippen LogP contribution in [0.4, 0.5) is 5.69 Å². The van der Waals surface area contributed by atoms with Gasteiger partial charge in [-0.25, -0.2) is 0 Å². The molecule has 2 rings (SSSR count). The molecule has 1 heterocycles. The first kappa shape index (κ1) is 15.1. The largest absolute Gasteiger partial charge is 0.495 e. The number of methoxy groups -OCH3 is 1. The van der Waals surface area contributed by atoms with E-state index in [1.165, 1.54) is 0 Å². The number of anilines is 1. The molecule has 112 valence electrons. The number of carbonyl (C=O) groups excluding carboxylic acids is 1. The van der Waals surface area contributed by atoms with E-state index in [0.717, 1.165) is 16.9 Å². The highest BCUT2D eigenvalue weighted by atomic mass is 16.5. The predicted molar refractivity (Wildman–Crippen MR) is 81.8 cm³/mol. The van der Waals surface area contributed by atoms with E-state index in [1.807, 2.05) is 26.0 Å². The average Bonchev–Trinajstić information content (AvgIpc) is 2.72. The zero-order valence-corrected chi connectivity index (χ0v) is 12.7. The third kappa shape index (κ3) is 2.92. The molecule has 21 heavy (non-hydrogen) atoms. The number of nitrogens with one attached hydrogen (secondary N) is 1. The Kier molecular flexibility index (Phi) is 4.33. The maximum absolute atomic E-state index is 12.4. The molecule has 0 bridgehead atoms. The normalized spacial score (nSPS) is 10.5. The second-order valence-electron chi connectivity index (χ2n) is 4.91. The summed E-state index contributed by atoms with van der Waals surface area (Å²) in [4.78, 5) is 12.4. The Hall–Kier alpha value is -2.27. The van der Waals surface area contributed by atoms with Gasteiger partial charge in [0.1, 0.15) is 17.3 Å². The number of furan rings is 1. The quantitative estimate of drug-likeness (QED) is 0.906. The Bertz CT molecular complexity index is 674. The van der Waals surface area contributed by atoms with Crippen molar-refractivity contribution in [2.45, 2.75) is 27.3 Å². The lowest BCUT2D eigenvalue weighted by molar-refractivity contribution is 0.102. The summed E-state index contributed by atoms with van der Waals surface area (Å²) in [5.41, 5.74) is 8.57. The number of ether oxygens (including phenoxy) is 1. The van der Waals surface area contributed by atoms with Gasteiger partial charge < -0.3 is 20.2 Å². The van der Waals surface area contributed by atoms with Gasteiger partial charge in [-0.05, 0) is 38.5 Å². The summed E-state index contributed by atoms with van der Waals surface area (Å²) < 4.78 is 10.8. The minimum atomic E-state index is -0.208. The molecule has 0 aliphatic rings. The number of rotatable bonds is 4. The zero-order chi connectivity index (χ0) is 15.6. The highest BCUT2D eigenvalue weighted by Crippen LogP contribution is 2.28. The van der Waals surface area contributed by atoms with Gasteiger partial charge in [-0.1, -0.05) is 6.07 Å². The van der Waals surface area contributed by atoms with E-state index < -0.39 is 0 Å². The molecular formula is C16H20N2O3. The first-order valence-electron chi connectivity index (χ1n) is 6.72. The summed E-state index contributed by atoms with van der Waals surface area (Å²) in [5.74, 6) is 1.74. The maximum atomic E-state index is 12.4. The van der Waals surface area contributed by atoms with Gasteiger partial charge >= 0.3 is 0 Å². The number of hydrogen-bond acceptors (Lipinski definition) is 4. The van der Waals surface area contributed by atoms with Crippen molar-refractivity contribution in [3.05, 3.63) is 46.4 Å². The summed E-state index contributed by atoms with van der Waals surface area (Å²) in [6, 6.07) is 5.46. The number of carbonyl (C=O) groups is 1. The van der Waals surface area contributed by atoms with Crippen LogP contribution in [0.5, 0.6) is 5.75 Å². The molecule has 0 saturated heterocycles. The van der Waals surface area contributed by atoms with Gasteiger partial charge in [-0.2, -0.15) is 0 Å². The lowest BCUT2D eigenvalue weighted by atomic mass is 10.1. The molecule has 1 aromatic heterocycles. The molecular weight excluding hydrogens is 268 g/mol. The topological polar surface area (TPSA) is 77.5 Å². The van der Waals surface area contributed by atoms with Crippen molar-refractivity contribution in [2.75, 3.05) is 12.4 Å². The van der Waals surface area contributed by atoms with Gasteiger partial charge in [-0.3, -0.25) is 4.79 Å². The Labute approximate surface area is 124 Å². The van der Waals surface area contributed by atoms with E-state index in [-0.39, 0.29) is 5.91 Å². The van der Waals surface area contributed by atoms with Gasteiger partial charge in [-0.15, -0.1) is 0 Å². The predicted octanol–water partition coefficient (Wildman–Crippen LogP) is 2.92. The van der Waals surface area contributed by atoms with Crippen LogP contribution in [0, 0.1) is 20.8 Å². The van der Waals surface area contributed by atoms with Crippen LogP contribution in [0.25, 0.3) is 0 Å². The van der Waals surface area contributed by atoms with Crippen molar-refractivity contribution >= 4 is 11.6 Å². The Balaban J connectivity index is 2.31. The summed E-state index contributed by atoms with van der Waals surface area (Å²) in [6.07, 6.45) is 0. The highest BCUT2D eigenvalue weighted by Gasteiger charge is 2.19. The molecule has 1 aromatic carbocycles. The minimum Gasteiger partial charge on any atom is -0.495 e. The lowest BCUT2D eigenvalue weighted by Gasteiger charge is -2.11. The second-order valence-corrected chi connectivity index (χ2v) is 4.91. The molecule has 5 nitrogen and oxygen atoms in total. The third-order valence-electron chi connectivity index (χ3n) is 3.54. The number of benzene rings is 1. The fourth-order valence-corrected chi connectivity index (χ4v) is 2.28. The molecule has 2 aromatic rings. The van der Waals surface area contributed by atoms with E-state index in [9.17, 15) is 4.79 Å². The van der Waals surface area contributed by atoms with E-state index >= 15 is 0 Å². The van der Waals surface area contributed by atoms with Crippen LogP contribution in [0.15, 0.2) is 22.6 Å². The van der Waals surface area contributed by atoms with Crippen LogP contribution in [-0.4, -0.2) is 13.0 Å². The van der Waals surface area contributed by atoms with Gasteiger partial charge in [0.05, 0.1) is 18.4 Å². The molecule has 0 spiro atoms. The molecule has 5 heteroatoms. The van der Waals surface area contributed by atoms with Crippen LogP contribution in [0.1, 0.15) is 33.0 Å². The van der Waals surface area contributed by atoms with Crippen LogP contribution >= 0.6 is 0 Å². The zero-order valence-electron chi connectivity index (χ0n) is 12.7. The first-order chi connectivity index (χ1) is 9.97. The monoisotopic (exact) mass is 288 g/mol. The van der Waals surface area contributed by atoms with E-state index in [1.54, 1.807) is 20.1 Å². The molecule has 0 radical (unpaired) electrons. The molecule has 0 fully saturated rings. The van der Waals surface area contributed by atoms with Crippen LogP contribution in [-0.2, 0) is 6.54 Å². The fraction of sp³-hybridized carbons (Fsp3) is 0.312. The average molecular weight is 288 g/mol. The molecule has 0 aliphatic carbocycles. The Morgan fingerprint density at radius 1 is 1.29 bits per heavy atom. The molecule has 0 aliphatic heterocycles. The van der Waals surface area contributed by atoms with E-state index in [2.05, 4.69) is 5.32 Å². The van der Waals surface area contributed by atoms with Crippen molar-refractivity contribution in [3.63, 3.8) is 0 Å². The number of hydrogen-bond donors (Lipinski definition) is 2. The number of amides is 1. The highest BCUT2D eigenvalue weighted by molar-refractivity contribution is 6.06. The number of aryl methyl sites for hydroxylation is 2. The second kappa shape index (κ2) is 6.01. The van der Waals surface area contributed by atoms with Gasteiger partial charge in [0.2, 0.25) is 0 Å². The summed E-state index contributed by atoms with van der Waals surface area (Å²) in [7, 11) is 1.56. The van der Waals surface area contributed by atoms with Gasteiger partial charge in [0.25, 0.3) is 5.91 Å². The minimum absolute atomic E-state index is 0.208. The van der Waals surface area contributed by atoms with Crippen LogP contribution in [0.3, 0.4) is 0 Å². The molecule has 0 saturated carbocycles. The van der Waals surface area contributed by atoms with Crippen molar-refractivity contribution < 1.29 is 13.9 Å². The molecule has 0 atom stereocenters. The Morgan fingerprint density at radius 2 is 2.00 bits per heavy atom. The summed E-state index contributed by atoms with van der Waals surface area (Å²) in [5, 5.41) is 2.86. The van der Waals surface area contributed by atoms with Gasteiger partial charge in [0.15, 0.2) is 0 Å². The molecule has 0 unspecified atom stereocenters. The SMILES string of the molecule is COc1cc(CN)ccc1NC(=O)c1c(C)oc(C)c1C. The lowest BCUT2D eigenvalue weighted by Crippen LogP contribution is -2.14. The maximum Gasteiger partial charge on any atom is 0.259 e. The molecule has 1 amide bonds. The van der Waals surface area contributed by atoms with Crippen LogP contribution < -0.4 is 15.8 Å². The molecule has 3 N–H and O–H groups in total. The van der Waals surface area contributed by atoms with Gasteiger partial charge in [0, 0.05) is 12.1 Å². The van der Waals surface area contributed by atoms with E-state index in [0.29, 0.717) is 29.3 Å². The third-order valence-corrected chi connectivity index (χ3v) is 3.54. The smallest absolute Gasteiger partial charge is 0.259 e. The van der Waals surface area contributed by atoms with Crippen molar-refractivity contribution in [3.8, 4) is 5.75 Å². The number of nitrogens with two attached hydrogens (primary N) is 1. The fourth-order valence-electron chi connectivity index (χ4n) is 2.28. The van der Waals surface area contributed by atoms with E-state index in [4.69, 9.17) is 14.9 Å². The summed E-state index contributed by atoms with van der Waals surface area (Å²) >= 11 is 0.